The van der Waals surface area contributed by atoms with Crippen LogP contribution in [0.4, 0.5) is 5.69 Å². The van der Waals surface area contributed by atoms with Crippen molar-refractivity contribution in [3.05, 3.63) is 41.3 Å². The Balaban J connectivity index is 2.27. The molecule has 0 unspecified atom stereocenters. The van der Waals surface area contributed by atoms with Crippen molar-refractivity contribution < 1.29 is 8.42 Å². The monoisotopic (exact) mass is 304 g/mol. The first-order valence-electron chi connectivity index (χ1n) is 6.26. The van der Waals surface area contributed by atoms with Gasteiger partial charge in [0.1, 0.15) is 5.82 Å². The van der Waals surface area contributed by atoms with Crippen LogP contribution in [0.5, 0.6) is 0 Å². The van der Waals surface area contributed by atoms with Gasteiger partial charge in [0.25, 0.3) is 10.0 Å². The molecule has 2 rings (SSSR count). The number of aromatic nitrogens is 2. The maximum atomic E-state index is 12.2. The zero-order chi connectivity index (χ0) is 15.5. The highest BCUT2D eigenvalue weighted by atomic mass is 32.2. The number of imidazole rings is 1. The Hall–Kier alpha value is -2.30. The Morgan fingerprint density at radius 2 is 2.14 bits per heavy atom. The molecule has 0 aliphatic rings. The van der Waals surface area contributed by atoms with Gasteiger partial charge in [0, 0.05) is 5.56 Å². The van der Waals surface area contributed by atoms with E-state index in [-0.39, 0.29) is 11.6 Å². The maximum Gasteiger partial charge on any atom is 0.278 e. The normalized spacial score (nSPS) is 10.8. The molecule has 0 fully saturated rings. The molecule has 1 aromatic carbocycles. The lowest BCUT2D eigenvalue weighted by Crippen LogP contribution is -2.14. The molecule has 0 saturated heterocycles. The number of aromatic amines is 1. The van der Waals surface area contributed by atoms with Crippen molar-refractivity contribution in [2.75, 3.05) is 11.3 Å². The lowest BCUT2D eigenvalue weighted by molar-refractivity contribution is 0.598. The number of hydrogen-bond acceptors (Lipinski definition) is 4. The van der Waals surface area contributed by atoms with Gasteiger partial charge in [-0.3, -0.25) is 4.72 Å². The summed E-state index contributed by atoms with van der Waals surface area (Å²) in [4.78, 5) is 6.59. The van der Waals surface area contributed by atoms with Gasteiger partial charge in [-0.2, -0.15) is 8.42 Å². The molecule has 0 atom stereocenters. The van der Waals surface area contributed by atoms with Crippen molar-refractivity contribution in [1.82, 2.24) is 9.97 Å². The van der Waals surface area contributed by atoms with E-state index < -0.39 is 10.0 Å². The number of aryl methyl sites for hydroxylation is 2. The second-order valence-corrected chi connectivity index (χ2v) is 6.12. The molecular formula is C14H16N4O2S. The van der Waals surface area contributed by atoms with Gasteiger partial charge in [0.2, 0.25) is 0 Å². The summed E-state index contributed by atoms with van der Waals surface area (Å²) in [5.41, 5.74) is 7.39. The van der Waals surface area contributed by atoms with Gasteiger partial charge in [-0.25, -0.2) is 4.98 Å². The molecule has 6 nitrogen and oxygen atoms in total. The van der Waals surface area contributed by atoms with E-state index in [1.54, 1.807) is 25.1 Å². The fourth-order valence-corrected chi connectivity index (χ4v) is 2.85. The van der Waals surface area contributed by atoms with Crippen molar-refractivity contribution in [1.29, 1.82) is 0 Å². The fraction of sp³-hybridized carbons (Fsp3) is 0.214. The number of nitrogens with one attached hydrogen (secondary N) is 2. The summed E-state index contributed by atoms with van der Waals surface area (Å²) in [5, 5.41) is 0.0337. The van der Waals surface area contributed by atoms with Crippen LogP contribution in [0.15, 0.2) is 29.4 Å². The Bertz CT molecular complexity index is 813. The zero-order valence-corrected chi connectivity index (χ0v) is 12.6. The third-order valence-corrected chi connectivity index (χ3v) is 4.05. The molecule has 0 bridgehead atoms. The highest BCUT2D eigenvalue weighted by molar-refractivity contribution is 7.92. The van der Waals surface area contributed by atoms with Gasteiger partial charge in [-0.05, 0) is 37.6 Å². The predicted octanol–water partition coefficient (Wildman–Crippen LogP) is 1.14. The predicted molar refractivity (Wildman–Crippen MR) is 81.2 cm³/mol. The molecule has 0 spiro atoms. The van der Waals surface area contributed by atoms with Crippen molar-refractivity contribution in [2.24, 2.45) is 5.73 Å². The van der Waals surface area contributed by atoms with Crippen LogP contribution in [-0.2, 0) is 10.0 Å². The lowest BCUT2D eigenvalue weighted by Gasteiger charge is -2.09. The van der Waals surface area contributed by atoms with Crippen LogP contribution >= 0.6 is 0 Å². The minimum absolute atomic E-state index is 0.0337. The minimum atomic E-state index is -3.67. The molecular weight excluding hydrogens is 288 g/mol. The van der Waals surface area contributed by atoms with Crippen LogP contribution in [-0.4, -0.2) is 24.9 Å². The topological polar surface area (TPSA) is 101 Å². The maximum absolute atomic E-state index is 12.2. The molecule has 2 aromatic rings. The molecule has 1 aromatic heterocycles. The summed E-state index contributed by atoms with van der Waals surface area (Å²) in [7, 11) is -3.67. The molecule has 4 N–H and O–H groups in total. The van der Waals surface area contributed by atoms with E-state index in [4.69, 9.17) is 5.73 Å². The van der Waals surface area contributed by atoms with E-state index >= 15 is 0 Å². The summed E-state index contributed by atoms with van der Waals surface area (Å²) in [6.07, 6.45) is 1.29. The number of sulfonamides is 1. The third kappa shape index (κ3) is 3.62. The van der Waals surface area contributed by atoms with Crippen molar-refractivity contribution in [3.63, 3.8) is 0 Å². The SMILES string of the molecule is Cc1ncc(S(=O)(=O)Nc2ccc(C#CCN)cc2C)[nH]1. The third-order valence-electron chi connectivity index (χ3n) is 2.77. The fourth-order valence-electron chi connectivity index (χ4n) is 1.74. The number of anilines is 1. The van der Waals surface area contributed by atoms with Crippen LogP contribution in [0.3, 0.4) is 0 Å². The summed E-state index contributed by atoms with van der Waals surface area (Å²) >= 11 is 0. The van der Waals surface area contributed by atoms with E-state index in [2.05, 4.69) is 26.5 Å². The van der Waals surface area contributed by atoms with Gasteiger partial charge in [0.05, 0.1) is 18.4 Å². The van der Waals surface area contributed by atoms with Gasteiger partial charge < -0.3 is 10.7 Å². The minimum Gasteiger partial charge on any atom is -0.332 e. The summed E-state index contributed by atoms with van der Waals surface area (Å²) < 4.78 is 26.9. The molecule has 0 amide bonds. The van der Waals surface area contributed by atoms with Crippen LogP contribution in [0.25, 0.3) is 0 Å². The highest BCUT2D eigenvalue weighted by Crippen LogP contribution is 2.20. The van der Waals surface area contributed by atoms with Crippen molar-refractivity contribution in [2.45, 2.75) is 18.9 Å². The Kier molecular flexibility index (Phi) is 4.31. The smallest absolute Gasteiger partial charge is 0.278 e. The summed E-state index contributed by atoms with van der Waals surface area (Å²) in [6, 6.07) is 5.22. The Morgan fingerprint density at radius 3 is 2.71 bits per heavy atom. The lowest BCUT2D eigenvalue weighted by atomic mass is 10.1. The average Bonchev–Trinajstić information content (AvgIpc) is 2.86. The molecule has 1 heterocycles. The van der Waals surface area contributed by atoms with Gasteiger partial charge in [-0.15, -0.1) is 0 Å². The number of nitrogens with zero attached hydrogens (tertiary/aromatic N) is 1. The second kappa shape index (κ2) is 5.99. The van der Waals surface area contributed by atoms with Crippen LogP contribution in [0.2, 0.25) is 0 Å². The highest BCUT2D eigenvalue weighted by Gasteiger charge is 2.17. The number of nitrogens with two attached hydrogens (primary N) is 1. The standard InChI is InChI=1S/C14H16N4O2S/c1-10-8-12(4-3-7-15)5-6-13(10)18-21(19,20)14-9-16-11(2)17-14/h5-6,8-9,18H,7,15H2,1-2H3,(H,16,17). The van der Waals surface area contributed by atoms with E-state index in [1.165, 1.54) is 6.20 Å². The number of H-pyrrole nitrogens is 1. The van der Waals surface area contributed by atoms with Crippen LogP contribution < -0.4 is 10.5 Å². The van der Waals surface area contributed by atoms with E-state index in [1.807, 2.05) is 6.92 Å². The van der Waals surface area contributed by atoms with Gasteiger partial charge in [-0.1, -0.05) is 11.8 Å². The first-order chi connectivity index (χ1) is 9.92. The second-order valence-electron chi connectivity index (χ2n) is 4.47. The number of hydrogen-bond donors (Lipinski definition) is 3. The molecule has 21 heavy (non-hydrogen) atoms. The van der Waals surface area contributed by atoms with Crippen LogP contribution in [0.1, 0.15) is 17.0 Å². The van der Waals surface area contributed by atoms with E-state index in [0.717, 1.165) is 11.1 Å². The van der Waals surface area contributed by atoms with Crippen molar-refractivity contribution in [3.8, 4) is 11.8 Å². The van der Waals surface area contributed by atoms with E-state index in [9.17, 15) is 8.42 Å². The molecule has 110 valence electrons. The summed E-state index contributed by atoms with van der Waals surface area (Å²) in [6.45, 7) is 3.78. The molecule has 7 heteroatoms. The van der Waals surface area contributed by atoms with Gasteiger partial charge >= 0.3 is 0 Å². The number of rotatable bonds is 3. The largest absolute Gasteiger partial charge is 0.332 e. The number of benzene rings is 1. The molecule has 0 saturated carbocycles. The Morgan fingerprint density at radius 1 is 1.38 bits per heavy atom. The van der Waals surface area contributed by atoms with Crippen molar-refractivity contribution >= 4 is 15.7 Å². The first-order valence-corrected chi connectivity index (χ1v) is 7.75. The average molecular weight is 304 g/mol. The molecule has 0 aliphatic heterocycles. The molecule has 0 aliphatic carbocycles. The quantitative estimate of drug-likeness (QED) is 0.740. The zero-order valence-electron chi connectivity index (χ0n) is 11.8. The van der Waals surface area contributed by atoms with Crippen LogP contribution in [0, 0.1) is 25.7 Å². The first kappa shape index (κ1) is 15.1. The van der Waals surface area contributed by atoms with E-state index in [0.29, 0.717) is 11.5 Å². The van der Waals surface area contributed by atoms with Gasteiger partial charge in [0.15, 0.2) is 5.03 Å². The summed E-state index contributed by atoms with van der Waals surface area (Å²) in [5.74, 6) is 6.20. The Labute approximate surface area is 123 Å². The molecule has 0 radical (unpaired) electrons.